The maximum Gasteiger partial charge on any atom is 0.332 e. The van der Waals surface area contributed by atoms with Crippen LogP contribution in [0.25, 0.3) is 5.57 Å². The molecule has 3 aromatic rings. The summed E-state index contributed by atoms with van der Waals surface area (Å²) in [5, 5.41) is 0.896. The third-order valence-electron chi connectivity index (χ3n) is 5.94. The Kier molecular flexibility index (Phi) is 4.22. The minimum Gasteiger partial charge on any atom is -0.429 e. The van der Waals surface area contributed by atoms with E-state index in [1.807, 2.05) is 54.6 Å². The van der Waals surface area contributed by atoms with E-state index in [2.05, 4.69) is 60.9 Å². The van der Waals surface area contributed by atoms with E-state index < -0.39 is 13.8 Å². The maximum atomic E-state index is 13.3. The lowest BCUT2D eigenvalue weighted by Gasteiger charge is -2.19. The lowest BCUT2D eigenvalue weighted by molar-refractivity contribution is -0.140. The fraction of sp³-hybridized carbons (Fsp3) is 0.192. The molecule has 1 spiro atoms. The van der Waals surface area contributed by atoms with Crippen molar-refractivity contribution in [3.63, 3.8) is 0 Å². The third kappa shape index (κ3) is 2.75. The highest BCUT2D eigenvalue weighted by Gasteiger charge is 2.73. The Labute approximate surface area is 178 Å². The molecule has 0 amide bonds. The molecule has 0 saturated carbocycles. The van der Waals surface area contributed by atoms with Gasteiger partial charge in [-0.3, -0.25) is 0 Å². The van der Waals surface area contributed by atoms with Crippen LogP contribution in [0.1, 0.15) is 17.2 Å². The van der Waals surface area contributed by atoms with Crippen molar-refractivity contribution in [3.05, 3.63) is 107 Å². The Morgan fingerprint density at radius 3 is 1.90 bits per heavy atom. The summed E-state index contributed by atoms with van der Waals surface area (Å²) < 4.78 is 6.35. The average molecular weight is 412 g/mol. The van der Waals surface area contributed by atoms with Crippen molar-refractivity contribution in [3.8, 4) is 0 Å². The highest BCUT2D eigenvalue weighted by Crippen LogP contribution is 2.66. The summed E-state index contributed by atoms with van der Waals surface area (Å²) in [6.07, 6.45) is 0. The number of hydrogen-bond acceptors (Lipinski definition) is 3. The van der Waals surface area contributed by atoms with E-state index in [0.29, 0.717) is 0 Å². The van der Waals surface area contributed by atoms with Gasteiger partial charge in [0.15, 0.2) is 0 Å². The van der Waals surface area contributed by atoms with E-state index in [-0.39, 0.29) is 12.0 Å². The van der Waals surface area contributed by atoms with Crippen LogP contribution < -0.4 is 4.90 Å². The number of para-hydroxylation sites is 1. The number of benzene rings is 3. The van der Waals surface area contributed by atoms with Crippen LogP contribution in [0.5, 0.6) is 0 Å². The molecule has 0 radical (unpaired) electrons. The number of esters is 1. The van der Waals surface area contributed by atoms with E-state index in [1.165, 1.54) is 0 Å². The fourth-order valence-corrected chi connectivity index (χ4v) is 6.47. The SMILES string of the molecule is C[Si](C)(C)C1=C(c2ccccc2)[C@]2(OC1=O)[C@@H](c1ccccc1)N2c1ccccc1. The molecule has 0 N–H and O–H groups in total. The maximum absolute atomic E-state index is 13.3. The number of carbonyl (C=O) groups excluding carboxylic acids is 1. The quantitative estimate of drug-likeness (QED) is 0.307. The summed E-state index contributed by atoms with van der Waals surface area (Å²) in [7, 11) is -1.96. The van der Waals surface area contributed by atoms with E-state index in [4.69, 9.17) is 4.74 Å². The van der Waals surface area contributed by atoms with Crippen molar-refractivity contribution in [1.82, 2.24) is 0 Å². The Morgan fingerprint density at radius 2 is 1.33 bits per heavy atom. The van der Waals surface area contributed by atoms with E-state index in [9.17, 15) is 4.79 Å². The van der Waals surface area contributed by atoms with Gasteiger partial charge in [0.25, 0.3) is 0 Å². The Morgan fingerprint density at radius 1 is 0.800 bits per heavy atom. The second-order valence-corrected chi connectivity index (χ2v) is 14.0. The minimum atomic E-state index is -1.96. The summed E-state index contributed by atoms with van der Waals surface area (Å²) in [6, 6.07) is 30.9. The monoisotopic (exact) mass is 411 g/mol. The largest absolute Gasteiger partial charge is 0.429 e. The summed E-state index contributed by atoms with van der Waals surface area (Å²) in [5.74, 6) is -0.160. The number of hydrogen-bond donors (Lipinski definition) is 0. The normalized spacial score (nSPS) is 23.1. The number of carbonyl (C=O) groups is 1. The van der Waals surface area contributed by atoms with Gasteiger partial charge in [-0.25, -0.2) is 4.79 Å². The predicted octanol–water partition coefficient (Wildman–Crippen LogP) is 5.83. The summed E-state index contributed by atoms with van der Waals surface area (Å²) in [5.41, 5.74) is 3.53. The van der Waals surface area contributed by atoms with Gasteiger partial charge in [-0.05, 0) is 23.3 Å². The first-order valence-electron chi connectivity index (χ1n) is 10.4. The van der Waals surface area contributed by atoms with Crippen molar-refractivity contribution < 1.29 is 9.53 Å². The molecule has 150 valence electrons. The zero-order chi connectivity index (χ0) is 20.9. The average Bonchev–Trinajstić information content (AvgIpc) is 3.29. The smallest absolute Gasteiger partial charge is 0.332 e. The Hall–Kier alpha value is -3.11. The molecule has 30 heavy (non-hydrogen) atoms. The van der Waals surface area contributed by atoms with Gasteiger partial charge in [-0.15, -0.1) is 0 Å². The number of rotatable bonds is 4. The highest BCUT2D eigenvalue weighted by atomic mass is 28.3. The van der Waals surface area contributed by atoms with Crippen LogP contribution in [0.2, 0.25) is 19.6 Å². The molecular weight excluding hydrogens is 386 g/mol. The molecule has 1 saturated heterocycles. The summed E-state index contributed by atoms with van der Waals surface area (Å²) >= 11 is 0. The van der Waals surface area contributed by atoms with Gasteiger partial charge in [0.05, 0.1) is 8.07 Å². The van der Waals surface area contributed by atoms with Crippen molar-refractivity contribution >= 4 is 25.3 Å². The molecular formula is C26H25NO2Si. The molecule has 2 aliphatic heterocycles. The van der Waals surface area contributed by atoms with Crippen LogP contribution >= 0.6 is 0 Å². The van der Waals surface area contributed by atoms with Crippen LogP contribution in [0.4, 0.5) is 5.69 Å². The van der Waals surface area contributed by atoms with Gasteiger partial charge < -0.3 is 9.64 Å². The van der Waals surface area contributed by atoms with Crippen LogP contribution in [0.3, 0.4) is 0 Å². The molecule has 2 heterocycles. The van der Waals surface area contributed by atoms with Crippen molar-refractivity contribution in [2.75, 3.05) is 4.90 Å². The molecule has 4 heteroatoms. The molecule has 2 atom stereocenters. The second kappa shape index (κ2) is 6.71. The Balaban J connectivity index is 1.78. The zero-order valence-electron chi connectivity index (χ0n) is 17.5. The molecule has 3 aromatic carbocycles. The lowest BCUT2D eigenvalue weighted by atomic mass is 9.96. The zero-order valence-corrected chi connectivity index (χ0v) is 18.5. The van der Waals surface area contributed by atoms with Gasteiger partial charge in [0.1, 0.15) is 6.04 Å². The van der Waals surface area contributed by atoms with Crippen LogP contribution in [-0.4, -0.2) is 19.8 Å². The minimum absolute atomic E-state index is 0.0471. The van der Waals surface area contributed by atoms with Gasteiger partial charge in [0, 0.05) is 16.5 Å². The fourth-order valence-electron chi connectivity index (χ4n) is 4.74. The van der Waals surface area contributed by atoms with Crippen molar-refractivity contribution in [2.45, 2.75) is 31.4 Å². The molecule has 5 rings (SSSR count). The standard InChI is InChI=1S/C26H25NO2Si/c1-30(2,3)23-22(19-13-7-4-8-14-19)26(29-25(23)28)24(20-15-9-5-10-16-20)27(26)21-17-11-6-12-18-21/h4-18,24H,1-3H3/t24-,26+,27?/m1/s1. The van der Waals surface area contributed by atoms with Gasteiger partial charge in [-0.1, -0.05) is 98.5 Å². The molecule has 0 unspecified atom stereocenters. The highest BCUT2D eigenvalue weighted by molar-refractivity contribution is 6.88. The number of nitrogens with zero attached hydrogens (tertiary/aromatic N) is 1. The van der Waals surface area contributed by atoms with Gasteiger partial charge in [-0.2, -0.15) is 0 Å². The summed E-state index contributed by atoms with van der Waals surface area (Å²) in [4.78, 5) is 15.6. The molecule has 0 aromatic heterocycles. The predicted molar refractivity (Wildman–Crippen MR) is 124 cm³/mol. The third-order valence-corrected chi connectivity index (χ3v) is 7.90. The van der Waals surface area contributed by atoms with Gasteiger partial charge in [0.2, 0.25) is 5.72 Å². The van der Waals surface area contributed by atoms with E-state index in [1.54, 1.807) is 0 Å². The first kappa shape index (κ1) is 18.9. The molecule has 3 nitrogen and oxygen atoms in total. The second-order valence-electron chi connectivity index (χ2n) is 8.97. The van der Waals surface area contributed by atoms with Crippen molar-refractivity contribution in [1.29, 1.82) is 0 Å². The first-order chi connectivity index (χ1) is 14.4. The molecule has 2 aliphatic rings. The molecule has 0 bridgehead atoms. The topological polar surface area (TPSA) is 29.3 Å². The van der Waals surface area contributed by atoms with Crippen LogP contribution in [0.15, 0.2) is 96.2 Å². The number of anilines is 1. The van der Waals surface area contributed by atoms with E-state index in [0.717, 1.165) is 27.6 Å². The first-order valence-corrected chi connectivity index (χ1v) is 13.9. The molecule has 1 fully saturated rings. The van der Waals surface area contributed by atoms with Gasteiger partial charge >= 0.3 is 5.97 Å². The molecule has 0 aliphatic carbocycles. The van der Waals surface area contributed by atoms with Crippen molar-refractivity contribution in [2.24, 2.45) is 0 Å². The summed E-state index contributed by atoms with van der Waals surface area (Å²) in [6.45, 7) is 6.66. The van der Waals surface area contributed by atoms with Crippen LogP contribution in [-0.2, 0) is 9.53 Å². The lowest BCUT2D eigenvalue weighted by Crippen LogP contribution is -2.28. The van der Waals surface area contributed by atoms with Crippen LogP contribution in [0, 0.1) is 0 Å². The van der Waals surface area contributed by atoms with E-state index >= 15 is 0 Å². The Bertz CT molecular complexity index is 1070. The number of ether oxygens (including phenoxy) is 1.